The Balaban J connectivity index is 1.26. The number of nitrogens with one attached hydrogen (secondary N) is 1. The van der Waals surface area contributed by atoms with Crippen LogP contribution in [-0.2, 0) is 13.7 Å². The molecule has 2 aromatic heterocycles. The van der Waals surface area contributed by atoms with Gasteiger partial charge in [0.2, 0.25) is 0 Å². The second kappa shape index (κ2) is 8.77. The van der Waals surface area contributed by atoms with Crippen LogP contribution >= 0.6 is 0 Å². The Morgan fingerprint density at radius 2 is 1.90 bits per heavy atom. The van der Waals surface area contributed by atoms with E-state index in [1.54, 1.807) is 18.3 Å². The summed E-state index contributed by atoms with van der Waals surface area (Å²) in [6, 6.07) is 13.4. The quantitative estimate of drug-likeness (QED) is 0.700. The molecular weight excluding hydrogens is 366 g/mol. The van der Waals surface area contributed by atoms with Crippen LogP contribution in [0, 0.1) is 0 Å². The van der Waals surface area contributed by atoms with Gasteiger partial charge in [0.1, 0.15) is 24.0 Å². The molecule has 7 heteroatoms. The van der Waals surface area contributed by atoms with E-state index in [1.807, 2.05) is 54.3 Å². The standard InChI is InChI=1S/C22H25N5O2/c1-26-15-12-24-21(26)16-29-19-7-5-17(6-8-19)22(28)25-18-9-13-27(14-10-18)20-4-2-3-11-23-20/h2-8,11-12,15,18H,9-10,13-14,16H2,1H3,(H,25,28). The van der Waals surface area contributed by atoms with Crippen LogP contribution in [0.5, 0.6) is 5.75 Å². The largest absolute Gasteiger partial charge is 0.486 e. The molecule has 1 fully saturated rings. The number of nitrogens with zero attached hydrogens (tertiary/aromatic N) is 4. The number of piperidine rings is 1. The Kier molecular flexibility index (Phi) is 5.74. The molecule has 29 heavy (non-hydrogen) atoms. The molecule has 1 saturated heterocycles. The topological polar surface area (TPSA) is 72.3 Å². The second-order valence-electron chi connectivity index (χ2n) is 7.19. The highest BCUT2D eigenvalue weighted by Crippen LogP contribution is 2.18. The van der Waals surface area contributed by atoms with E-state index >= 15 is 0 Å². The van der Waals surface area contributed by atoms with Gasteiger partial charge in [0, 0.05) is 50.3 Å². The highest BCUT2D eigenvalue weighted by molar-refractivity contribution is 5.94. The van der Waals surface area contributed by atoms with Crippen molar-refractivity contribution < 1.29 is 9.53 Å². The minimum absolute atomic E-state index is 0.0445. The maximum absolute atomic E-state index is 12.6. The molecule has 4 rings (SSSR count). The maximum Gasteiger partial charge on any atom is 0.251 e. The summed E-state index contributed by atoms with van der Waals surface area (Å²) in [7, 11) is 1.93. The summed E-state index contributed by atoms with van der Waals surface area (Å²) in [6.45, 7) is 2.17. The molecule has 0 bridgehead atoms. The molecule has 1 aliphatic rings. The van der Waals surface area contributed by atoms with Gasteiger partial charge in [-0.1, -0.05) is 6.07 Å². The number of carbonyl (C=O) groups is 1. The number of hydrogen-bond donors (Lipinski definition) is 1. The van der Waals surface area contributed by atoms with E-state index in [1.165, 1.54) is 0 Å². The van der Waals surface area contributed by atoms with Crippen molar-refractivity contribution in [2.45, 2.75) is 25.5 Å². The van der Waals surface area contributed by atoms with Crippen LogP contribution in [0.1, 0.15) is 29.0 Å². The first kappa shape index (κ1) is 19.0. The van der Waals surface area contributed by atoms with E-state index in [0.29, 0.717) is 17.9 Å². The molecule has 0 spiro atoms. The first-order valence-electron chi connectivity index (χ1n) is 9.85. The molecule has 3 heterocycles. The van der Waals surface area contributed by atoms with Gasteiger partial charge in [0.25, 0.3) is 5.91 Å². The number of pyridine rings is 1. The Morgan fingerprint density at radius 1 is 1.10 bits per heavy atom. The van der Waals surface area contributed by atoms with Crippen LogP contribution in [0.15, 0.2) is 61.1 Å². The molecule has 1 aromatic carbocycles. The van der Waals surface area contributed by atoms with Gasteiger partial charge < -0.3 is 19.5 Å². The van der Waals surface area contributed by atoms with Gasteiger partial charge in [-0.05, 0) is 49.2 Å². The molecule has 3 aromatic rings. The fourth-order valence-corrected chi connectivity index (χ4v) is 3.45. The molecular formula is C22H25N5O2. The molecule has 1 N–H and O–H groups in total. The van der Waals surface area contributed by atoms with Crippen molar-refractivity contribution >= 4 is 11.7 Å². The van der Waals surface area contributed by atoms with Crippen LogP contribution in [0.4, 0.5) is 5.82 Å². The number of aromatic nitrogens is 3. The first-order chi connectivity index (χ1) is 14.2. The lowest BCUT2D eigenvalue weighted by Crippen LogP contribution is -2.44. The van der Waals surface area contributed by atoms with Gasteiger partial charge in [0.05, 0.1) is 0 Å². The molecule has 150 valence electrons. The predicted molar refractivity (Wildman–Crippen MR) is 111 cm³/mol. The van der Waals surface area contributed by atoms with Crippen molar-refractivity contribution in [3.05, 3.63) is 72.4 Å². The number of ether oxygens (including phenoxy) is 1. The fourth-order valence-electron chi connectivity index (χ4n) is 3.45. The van der Waals surface area contributed by atoms with E-state index < -0.39 is 0 Å². The van der Waals surface area contributed by atoms with E-state index in [0.717, 1.165) is 37.6 Å². The van der Waals surface area contributed by atoms with Crippen LogP contribution in [0.2, 0.25) is 0 Å². The minimum atomic E-state index is -0.0445. The average Bonchev–Trinajstić information content (AvgIpc) is 3.18. The first-order valence-corrected chi connectivity index (χ1v) is 9.85. The number of rotatable bonds is 6. The van der Waals surface area contributed by atoms with Crippen LogP contribution in [0.25, 0.3) is 0 Å². The fraction of sp³-hybridized carbons (Fsp3) is 0.318. The van der Waals surface area contributed by atoms with E-state index in [4.69, 9.17) is 4.74 Å². The molecule has 1 amide bonds. The number of anilines is 1. The highest BCUT2D eigenvalue weighted by atomic mass is 16.5. The Labute approximate surface area is 170 Å². The molecule has 0 atom stereocenters. The SMILES string of the molecule is Cn1ccnc1COc1ccc(C(=O)NC2CCN(c3ccccn3)CC2)cc1. The molecule has 1 aliphatic heterocycles. The van der Waals surface area contributed by atoms with Gasteiger partial charge in [-0.2, -0.15) is 0 Å². The maximum atomic E-state index is 12.6. The summed E-state index contributed by atoms with van der Waals surface area (Å²) in [5, 5.41) is 3.15. The number of benzene rings is 1. The number of imidazole rings is 1. The summed E-state index contributed by atoms with van der Waals surface area (Å²) < 4.78 is 7.66. The third-order valence-corrected chi connectivity index (χ3v) is 5.21. The van der Waals surface area contributed by atoms with Crippen LogP contribution in [0.3, 0.4) is 0 Å². The van der Waals surface area contributed by atoms with Gasteiger partial charge in [-0.3, -0.25) is 4.79 Å². The smallest absolute Gasteiger partial charge is 0.251 e. The highest BCUT2D eigenvalue weighted by Gasteiger charge is 2.21. The van der Waals surface area contributed by atoms with Gasteiger partial charge in [-0.15, -0.1) is 0 Å². The number of amides is 1. The predicted octanol–water partition coefficient (Wildman–Crippen LogP) is 2.79. The van der Waals surface area contributed by atoms with E-state index in [-0.39, 0.29) is 11.9 Å². The Hall–Kier alpha value is -3.35. The number of carbonyl (C=O) groups excluding carboxylic acids is 1. The Morgan fingerprint density at radius 3 is 2.55 bits per heavy atom. The van der Waals surface area contributed by atoms with Crippen LogP contribution < -0.4 is 15.0 Å². The lowest BCUT2D eigenvalue weighted by molar-refractivity contribution is 0.0931. The van der Waals surface area contributed by atoms with E-state index in [9.17, 15) is 4.79 Å². The van der Waals surface area contributed by atoms with Gasteiger partial charge >= 0.3 is 0 Å². The summed E-state index contributed by atoms with van der Waals surface area (Å²) in [6.07, 6.45) is 7.26. The lowest BCUT2D eigenvalue weighted by Gasteiger charge is -2.33. The van der Waals surface area contributed by atoms with Crippen molar-refractivity contribution in [2.24, 2.45) is 7.05 Å². The normalized spacial score (nSPS) is 14.6. The summed E-state index contributed by atoms with van der Waals surface area (Å²) in [4.78, 5) is 23.5. The summed E-state index contributed by atoms with van der Waals surface area (Å²) >= 11 is 0. The zero-order valence-electron chi connectivity index (χ0n) is 16.5. The zero-order valence-corrected chi connectivity index (χ0v) is 16.5. The van der Waals surface area contributed by atoms with Crippen molar-refractivity contribution in [3.63, 3.8) is 0 Å². The average molecular weight is 391 g/mol. The minimum Gasteiger partial charge on any atom is -0.486 e. The molecule has 0 unspecified atom stereocenters. The van der Waals surface area contributed by atoms with Crippen molar-refractivity contribution in [1.82, 2.24) is 19.9 Å². The van der Waals surface area contributed by atoms with Crippen LogP contribution in [-0.4, -0.2) is 39.6 Å². The lowest BCUT2D eigenvalue weighted by atomic mass is 10.0. The second-order valence-corrected chi connectivity index (χ2v) is 7.19. The monoisotopic (exact) mass is 391 g/mol. The zero-order chi connectivity index (χ0) is 20.1. The number of aryl methyl sites for hydroxylation is 1. The summed E-state index contributed by atoms with van der Waals surface area (Å²) in [5.41, 5.74) is 0.640. The van der Waals surface area contributed by atoms with Crippen molar-refractivity contribution in [1.29, 1.82) is 0 Å². The van der Waals surface area contributed by atoms with Gasteiger partial charge in [-0.25, -0.2) is 9.97 Å². The molecule has 0 aliphatic carbocycles. The Bertz CT molecular complexity index is 931. The molecule has 0 saturated carbocycles. The van der Waals surface area contributed by atoms with Gasteiger partial charge in [0.15, 0.2) is 0 Å². The third kappa shape index (κ3) is 4.74. The van der Waals surface area contributed by atoms with Crippen molar-refractivity contribution in [3.8, 4) is 5.75 Å². The molecule has 7 nitrogen and oxygen atoms in total. The van der Waals surface area contributed by atoms with E-state index in [2.05, 4.69) is 20.2 Å². The molecule has 0 radical (unpaired) electrons. The third-order valence-electron chi connectivity index (χ3n) is 5.21. The summed E-state index contributed by atoms with van der Waals surface area (Å²) in [5.74, 6) is 2.52. The van der Waals surface area contributed by atoms with Crippen molar-refractivity contribution in [2.75, 3.05) is 18.0 Å². The number of hydrogen-bond acceptors (Lipinski definition) is 5.